The van der Waals surface area contributed by atoms with Crippen LogP contribution in [0.3, 0.4) is 0 Å². The third-order valence-electron chi connectivity index (χ3n) is 5.98. The van der Waals surface area contributed by atoms with Crippen molar-refractivity contribution in [2.45, 2.75) is 50.5 Å². The first-order valence-corrected chi connectivity index (χ1v) is 9.95. The van der Waals surface area contributed by atoms with E-state index in [9.17, 15) is 0 Å². The zero-order chi connectivity index (χ0) is 17.9. The van der Waals surface area contributed by atoms with Gasteiger partial charge in [-0.2, -0.15) is 5.10 Å². The summed E-state index contributed by atoms with van der Waals surface area (Å²) in [6.45, 7) is 2.52. The summed E-state index contributed by atoms with van der Waals surface area (Å²) in [4.78, 5) is 0. The molecule has 1 aromatic rings. The van der Waals surface area contributed by atoms with Gasteiger partial charge in [0, 0.05) is 44.1 Å². The lowest BCUT2D eigenvalue weighted by molar-refractivity contribution is 0.141. The van der Waals surface area contributed by atoms with Crippen molar-refractivity contribution >= 4 is 5.71 Å². The second-order valence-corrected chi connectivity index (χ2v) is 7.73. The van der Waals surface area contributed by atoms with Crippen LogP contribution in [0.2, 0.25) is 0 Å². The van der Waals surface area contributed by atoms with Gasteiger partial charge in [-0.05, 0) is 30.4 Å². The Morgan fingerprint density at radius 1 is 1.15 bits per heavy atom. The molecular formula is C21H30N2O3. The molecule has 26 heavy (non-hydrogen) atoms. The SMILES string of the molecule is COc1cc(O[C@H]2CCOC2)ccc1C1CCCCC1C1=NN(C)CC1. The third kappa shape index (κ3) is 3.68. The summed E-state index contributed by atoms with van der Waals surface area (Å²) in [6, 6.07) is 6.37. The van der Waals surface area contributed by atoms with Gasteiger partial charge in [-0.25, -0.2) is 0 Å². The van der Waals surface area contributed by atoms with Gasteiger partial charge in [-0.15, -0.1) is 0 Å². The highest BCUT2D eigenvalue weighted by Gasteiger charge is 2.34. The minimum absolute atomic E-state index is 0.163. The van der Waals surface area contributed by atoms with Crippen molar-refractivity contribution in [1.29, 1.82) is 0 Å². The van der Waals surface area contributed by atoms with Crippen molar-refractivity contribution in [3.63, 3.8) is 0 Å². The normalized spacial score (nSPS) is 28.9. The van der Waals surface area contributed by atoms with Crippen LogP contribution in [0.5, 0.6) is 11.5 Å². The van der Waals surface area contributed by atoms with E-state index < -0.39 is 0 Å². The van der Waals surface area contributed by atoms with Gasteiger partial charge in [-0.1, -0.05) is 18.9 Å². The monoisotopic (exact) mass is 358 g/mol. The van der Waals surface area contributed by atoms with Gasteiger partial charge in [0.25, 0.3) is 0 Å². The second kappa shape index (κ2) is 7.87. The maximum Gasteiger partial charge on any atom is 0.126 e. The Labute approximate surface area is 156 Å². The van der Waals surface area contributed by atoms with Crippen LogP contribution in [0.15, 0.2) is 23.3 Å². The topological polar surface area (TPSA) is 43.3 Å². The summed E-state index contributed by atoms with van der Waals surface area (Å²) in [5.74, 6) is 2.86. The Bertz CT molecular complexity index is 655. The predicted molar refractivity (Wildman–Crippen MR) is 102 cm³/mol. The smallest absolute Gasteiger partial charge is 0.126 e. The van der Waals surface area contributed by atoms with Crippen LogP contribution in [-0.4, -0.2) is 50.7 Å². The average molecular weight is 358 g/mol. The Kier molecular flexibility index (Phi) is 5.34. The van der Waals surface area contributed by atoms with Crippen molar-refractivity contribution in [2.24, 2.45) is 11.0 Å². The standard InChI is InChI=1S/C21H30N2O3/c1-23-11-9-20(22-23)18-6-4-3-5-17(18)19-8-7-15(13-21(19)24-2)26-16-10-12-25-14-16/h7-8,13,16-18H,3-6,9-12,14H2,1-2H3/t16-,17?,18?/m0/s1. The van der Waals surface area contributed by atoms with Gasteiger partial charge in [0.2, 0.25) is 0 Å². The first kappa shape index (κ1) is 17.7. The summed E-state index contributed by atoms with van der Waals surface area (Å²) >= 11 is 0. The molecule has 5 heteroatoms. The maximum atomic E-state index is 6.07. The quantitative estimate of drug-likeness (QED) is 0.802. The van der Waals surface area contributed by atoms with Gasteiger partial charge >= 0.3 is 0 Å². The lowest BCUT2D eigenvalue weighted by Crippen LogP contribution is -2.25. The number of nitrogens with zero attached hydrogens (tertiary/aromatic N) is 2. The fourth-order valence-corrected chi connectivity index (χ4v) is 4.63. The average Bonchev–Trinajstić information content (AvgIpc) is 3.33. The highest BCUT2D eigenvalue weighted by Crippen LogP contribution is 2.44. The Balaban J connectivity index is 1.57. The summed E-state index contributed by atoms with van der Waals surface area (Å²) < 4.78 is 17.3. The van der Waals surface area contributed by atoms with Gasteiger partial charge in [0.1, 0.15) is 17.6 Å². The molecule has 2 aliphatic heterocycles. The number of benzene rings is 1. The molecule has 0 spiro atoms. The molecule has 3 atom stereocenters. The molecule has 1 aliphatic carbocycles. The van der Waals surface area contributed by atoms with E-state index in [0.717, 1.165) is 37.5 Å². The minimum atomic E-state index is 0.163. The van der Waals surface area contributed by atoms with E-state index in [1.165, 1.54) is 37.0 Å². The lowest BCUT2D eigenvalue weighted by Gasteiger charge is -2.33. The van der Waals surface area contributed by atoms with Gasteiger partial charge in [-0.3, -0.25) is 5.01 Å². The summed E-state index contributed by atoms with van der Waals surface area (Å²) in [7, 11) is 3.84. The van der Waals surface area contributed by atoms with Crippen LogP contribution >= 0.6 is 0 Å². The fourth-order valence-electron chi connectivity index (χ4n) is 4.63. The summed E-state index contributed by atoms with van der Waals surface area (Å²) in [5, 5.41) is 6.88. The lowest BCUT2D eigenvalue weighted by atomic mass is 9.72. The van der Waals surface area contributed by atoms with Crippen LogP contribution in [0, 0.1) is 5.92 Å². The van der Waals surface area contributed by atoms with E-state index in [2.05, 4.69) is 30.3 Å². The third-order valence-corrected chi connectivity index (χ3v) is 5.98. The molecule has 0 bridgehead atoms. The molecule has 2 fully saturated rings. The highest BCUT2D eigenvalue weighted by atomic mass is 16.5. The zero-order valence-corrected chi connectivity index (χ0v) is 15.9. The van der Waals surface area contributed by atoms with Gasteiger partial charge in [0.15, 0.2) is 0 Å². The number of hydrazone groups is 1. The molecule has 2 heterocycles. The molecule has 142 valence electrons. The highest BCUT2D eigenvalue weighted by molar-refractivity contribution is 5.89. The van der Waals surface area contributed by atoms with E-state index in [-0.39, 0.29) is 6.10 Å². The van der Waals surface area contributed by atoms with Crippen LogP contribution in [-0.2, 0) is 4.74 Å². The molecule has 0 N–H and O–H groups in total. The number of hydrogen-bond acceptors (Lipinski definition) is 5. The fraction of sp³-hybridized carbons (Fsp3) is 0.667. The number of methoxy groups -OCH3 is 1. The van der Waals surface area contributed by atoms with Crippen LogP contribution in [0.4, 0.5) is 0 Å². The van der Waals surface area contributed by atoms with E-state index in [4.69, 9.17) is 19.3 Å². The summed E-state index contributed by atoms with van der Waals surface area (Å²) in [6.07, 6.45) is 7.25. The number of rotatable bonds is 5. The van der Waals surface area contributed by atoms with E-state index >= 15 is 0 Å². The molecule has 1 aromatic carbocycles. The van der Waals surface area contributed by atoms with Crippen molar-refractivity contribution < 1.29 is 14.2 Å². The molecule has 4 rings (SSSR count). The van der Waals surface area contributed by atoms with E-state index in [0.29, 0.717) is 18.4 Å². The number of ether oxygens (including phenoxy) is 3. The van der Waals surface area contributed by atoms with Crippen molar-refractivity contribution in [3.05, 3.63) is 23.8 Å². The first-order valence-electron chi connectivity index (χ1n) is 9.95. The van der Waals surface area contributed by atoms with E-state index in [1.54, 1.807) is 7.11 Å². The molecule has 5 nitrogen and oxygen atoms in total. The van der Waals surface area contributed by atoms with Crippen LogP contribution in [0.1, 0.15) is 50.0 Å². The predicted octanol–water partition coefficient (Wildman–Crippen LogP) is 3.83. The van der Waals surface area contributed by atoms with Crippen LogP contribution in [0.25, 0.3) is 0 Å². The largest absolute Gasteiger partial charge is 0.496 e. The van der Waals surface area contributed by atoms with Gasteiger partial charge < -0.3 is 14.2 Å². The first-order chi connectivity index (χ1) is 12.7. The molecular weight excluding hydrogens is 328 g/mol. The Morgan fingerprint density at radius 2 is 2.00 bits per heavy atom. The minimum Gasteiger partial charge on any atom is -0.496 e. The molecule has 0 amide bonds. The molecule has 0 radical (unpaired) electrons. The molecule has 1 saturated carbocycles. The van der Waals surface area contributed by atoms with Crippen molar-refractivity contribution in [1.82, 2.24) is 5.01 Å². The van der Waals surface area contributed by atoms with Crippen LogP contribution < -0.4 is 9.47 Å². The molecule has 1 saturated heterocycles. The molecule has 0 aromatic heterocycles. The zero-order valence-electron chi connectivity index (χ0n) is 15.9. The van der Waals surface area contributed by atoms with E-state index in [1.807, 2.05) is 0 Å². The second-order valence-electron chi connectivity index (χ2n) is 7.73. The maximum absolute atomic E-state index is 6.07. The Morgan fingerprint density at radius 3 is 2.69 bits per heavy atom. The van der Waals surface area contributed by atoms with Crippen molar-refractivity contribution in [3.8, 4) is 11.5 Å². The molecule has 3 aliphatic rings. The number of hydrogen-bond donors (Lipinski definition) is 0. The molecule has 2 unspecified atom stereocenters. The van der Waals surface area contributed by atoms with Crippen molar-refractivity contribution in [2.75, 3.05) is 33.9 Å². The van der Waals surface area contributed by atoms with Gasteiger partial charge in [0.05, 0.1) is 20.3 Å². The Hall–Kier alpha value is -1.75. The summed E-state index contributed by atoms with van der Waals surface area (Å²) in [5.41, 5.74) is 2.69.